The lowest BCUT2D eigenvalue weighted by Crippen LogP contribution is -2.60. The van der Waals surface area contributed by atoms with Crippen molar-refractivity contribution in [3.8, 4) is 0 Å². The van der Waals surface area contributed by atoms with Crippen LogP contribution in [0.1, 0.15) is 30.5 Å². The van der Waals surface area contributed by atoms with E-state index in [1.165, 1.54) is 4.90 Å². The number of nitrogens with zero attached hydrogens (tertiary/aromatic N) is 1. The number of likely N-dealkylation sites (tertiary alicyclic amines) is 1. The zero-order valence-electron chi connectivity index (χ0n) is 15.4. The zero-order chi connectivity index (χ0) is 18.6. The molecule has 1 saturated heterocycles. The SMILES string of the molecule is CC[C@H]1C(=O)N(C(c2ccccc2)c2ccccc2)[C@@H]1Sc1ccccc1. The predicted octanol–water partition coefficient (Wildman–Crippen LogP) is 5.76. The summed E-state index contributed by atoms with van der Waals surface area (Å²) in [5.74, 6) is 0.328. The lowest BCUT2D eigenvalue weighted by molar-refractivity contribution is -0.153. The van der Waals surface area contributed by atoms with Crippen LogP contribution in [0.25, 0.3) is 0 Å². The zero-order valence-corrected chi connectivity index (χ0v) is 16.2. The van der Waals surface area contributed by atoms with Crippen molar-refractivity contribution >= 4 is 17.7 Å². The largest absolute Gasteiger partial charge is 0.318 e. The molecule has 0 unspecified atom stereocenters. The molecule has 0 aliphatic carbocycles. The Kier molecular flexibility index (Phi) is 5.30. The van der Waals surface area contributed by atoms with Crippen LogP contribution in [0.3, 0.4) is 0 Å². The van der Waals surface area contributed by atoms with Crippen LogP contribution in [0.15, 0.2) is 95.9 Å². The van der Waals surface area contributed by atoms with E-state index in [-0.39, 0.29) is 23.2 Å². The molecule has 1 aliphatic heterocycles. The molecule has 136 valence electrons. The third-order valence-electron chi connectivity index (χ3n) is 5.14. The first-order valence-corrected chi connectivity index (χ1v) is 10.3. The number of carbonyl (C=O) groups is 1. The first kappa shape index (κ1) is 17.9. The monoisotopic (exact) mass is 373 g/mol. The standard InChI is InChI=1S/C24H23NOS/c1-2-21-23(26)25(24(21)27-20-16-10-5-11-17-20)22(18-12-6-3-7-13-18)19-14-8-4-9-15-19/h3-17,21-22,24H,2H2,1H3/t21-,24+/m0/s1. The van der Waals surface area contributed by atoms with Gasteiger partial charge in [-0.05, 0) is 29.7 Å². The van der Waals surface area contributed by atoms with Crippen LogP contribution >= 0.6 is 11.8 Å². The van der Waals surface area contributed by atoms with E-state index in [4.69, 9.17) is 0 Å². The van der Waals surface area contributed by atoms with E-state index in [0.29, 0.717) is 0 Å². The molecule has 3 heteroatoms. The van der Waals surface area contributed by atoms with Gasteiger partial charge in [-0.15, -0.1) is 11.8 Å². The molecule has 1 amide bonds. The van der Waals surface area contributed by atoms with Crippen molar-refractivity contribution in [3.05, 3.63) is 102 Å². The van der Waals surface area contributed by atoms with Crippen LogP contribution in [0, 0.1) is 5.92 Å². The van der Waals surface area contributed by atoms with Gasteiger partial charge < -0.3 is 4.90 Å². The average Bonchev–Trinajstić information content (AvgIpc) is 2.74. The molecule has 27 heavy (non-hydrogen) atoms. The smallest absolute Gasteiger partial charge is 0.230 e. The molecule has 0 saturated carbocycles. The Morgan fingerprint density at radius 1 is 0.815 bits per heavy atom. The second-order valence-corrected chi connectivity index (χ2v) is 8.00. The number of carbonyl (C=O) groups excluding carboxylic acids is 1. The maximum atomic E-state index is 13.1. The lowest BCUT2D eigenvalue weighted by Gasteiger charge is -2.50. The fraction of sp³-hybridized carbons (Fsp3) is 0.208. The number of benzene rings is 3. The summed E-state index contributed by atoms with van der Waals surface area (Å²) >= 11 is 1.80. The molecular weight excluding hydrogens is 350 g/mol. The second kappa shape index (κ2) is 8.01. The molecule has 0 radical (unpaired) electrons. The topological polar surface area (TPSA) is 20.3 Å². The van der Waals surface area contributed by atoms with Gasteiger partial charge in [0.05, 0.1) is 17.3 Å². The van der Waals surface area contributed by atoms with E-state index in [9.17, 15) is 4.79 Å². The van der Waals surface area contributed by atoms with Crippen LogP contribution in [0.4, 0.5) is 0 Å². The van der Waals surface area contributed by atoms with Gasteiger partial charge >= 0.3 is 0 Å². The summed E-state index contributed by atoms with van der Waals surface area (Å²) in [6.45, 7) is 2.11. The molecule has 4 rings (SSSR count). The van der Waals surface area contributed by atoms with Gasteiger partial charge in [0.15, 0.2) is 0 Å². The highest BCUT2D eigenvalue weighted by Gasteiger charge is 2.50. The fourth-order valence-electron chi connectivity index (χ4n) is 3.76. The lowest BCUT2D eigenvalue weighted by atomic mass is 9.88. The Morgan fingerprint density at radius 2 is 1.30 bits per heavy atom. The summed E-state index contributed by atoms with van der Waals surface area (Å²) in [7, 11) is 0. The first-order valence-electron chi connectivity index (χ1n) is 9.43. The quantitative estimate of drug-likeness (QED) is 0.512. The normalized spacial score (nSPS) is 19.2. The molecule has 1 heterocycles. The van der Waals surface area contributed by atoms with Crippen molar-refractivity contribution in [1.29, 1.82) is 0 Å². The van der Waals surface area contributed by atoms with Gasteiger partial charge in [-0.3, -0.25) is 4.79 Å². The minimum Gasteiger partial charge on any atom is -0.318 e. The highest BCUT2D eigenvalue weighted by Crippen LogP contribution is 2.47. The molecule has 1 aliphatic rings. The van der Waals surface area contributed by atoms with E-state index in [0.717, 1.165) is 17.5 Å². The molecule has 3 aromatic rings. The van der Waals surface area contributed by atoms with E-state index < -0.39 is 0 Å². The van der Waals surface area contributed by atoms with Gasteiger partial charge in [0.2, 0.25) is 5.91 Å². The van der Waals surface area contributed by atoms with Crippen LogP contribution in [-0.2, 0) is 4.79 Å². The Morgan fingerprint density at radius 3 is 1.78 bits per heavy atom. The van der Waals surface area contributed by atoms with Gasteiger partial charge in [0, 0.05) is 4.90 Å². The second-order valence-electron chi connectivity index (χ2n) is 6.81. The van der Waals surface area contributed by atoms with Crippen LogP contribution in [-0.4, -0.2) is 16.2 Å². The van der Waals surface area contributed by atoms with Crippen molar-refractivity contribution in [1.82, 2.24) is 4.90 Å². The highest BCUT2D eigenvalue weighted by molar-refractivity contribution is 8.00. The first-order chi connectivity index (χ1) is 13.3. The molecule has 0 bridgehead atoms. The van der Waals surface area contributed by atoms with E-state index in [1.807, 2.05) is 42.5 Å². The minimum atomic E-state index is -0.0519. The maximum Gasteiger partial charge on any atom is 0.230 e. The van der Waals surface area contributed by atoms with E-state index >= 15 is 0 Å². The van der Waals surface area contributed by atoms with Crippen molar-refractivity contribution in [2.45, 2.75) is 29.7 Å². The number of hydrogen-bond acceptors (Lipinski definition) is 2. The molecule has 1 fully saturated rings. The van der Waals surface area contributed by atoms with Gasteiger partial charge in [0.25, 0.3) is 0 Å². The van der Waals surface area contributed by atoms with Gasteiger partial charge in [0.1, 0.15) is 0 Å². The molecule has 0 aromatic heterocycles. The van der Waals surface area contributed by atoms with E-state index in [1.54, 1.807) is 11.8 Å². The van der Waals surface area contributed by atoms with Crippen molar-refractivity contribution in [2.75, 3.05) is 0 Å². The van der Waals surface area contributed by atoms with Crippen LogP contribution < -0.4 is 0 Å². The van der Waals surface area contributed by atoms with Crippen molar-refractivity contribution in [2.24, 2.45) is 5.92 Å². The Labute approximate surface area is 165 Å². The number of thioether (sulfide) groups is 1. The summed E-state index contributed by atoms with van der Waals surface area (Å²) in [6, 6.07) is 31.0. The predicted molar refractivity (Wildman–Crippen MR) is 111 cm³/mol. The molecule has 0 spiro atoms. The van der Waals surface area contributed by atoms with Gasteiger partial charge in [-0.2, -0.15) is 0 Å². The van der Waals surface area contributed by atoms with Gasteiger partial charge in [-0.1, -0.05) is 85.8 Å². The Bertz CT molecular complexity index is 843. The number of amides is 1. The number of β-lactam (4-membered cyclic amide) rings is 1. The summed E-state index contributed by atoms with van der Waals surface area (Å²) in [4.78, 5) is 16.4. The molecule has 2 atom stereocenters. The van der Waals surface area contributed by atoms with Crippen LogP contribution in [0.5, 0.6) is 0 Å². The molecule has 0 N–H and O–H groups in total. The highest BCUT2D eigenvalue weighted by atomic mass is 32.2. The number of hydrogen-bond donors (Lipinski definition) is 0. The summed E-state index contributed by atoms with van der Waals surface area (Å²) in [5.41, 5.74) is 2.32. The van der Waals surface area contributed by atoms with Crippen molar-refractivity contribution in [3.63, 3.8) is 0 Å². The van der Waals surface area contributed by atoms with Crippen LogP contribution in [0.2, 0.25) is 0 Å². The fourth-order valence-corrected chi connectivity index (χ4v) is 5.17. The summed E-state index contributed by atoms with van der Waals surface area (Å²) in [6.07, 6.45) is 0.871. The molecular formula is C24H23NOS. The minimum absolute atomic E-state index is 0.0519. The average molecular weight is 374 g/mol. The molecule has 2 nitrogen and oxygen atoms in total. The third-order valence-corrected chi connectivity index (χ3v) is 6.48. The molecule has 3 aromatic carbocycles. The van der Waals surface area contributed by atoms with E-state index in [2.05, 4.69) is 60.4 Å². The van der Waals surface area contributed by atoms with Gasteiger partial charge in [-0.25, -0.2) is 0 Å². The summed E-state index contributed by atoms with van der Waals surface area (Å²) < 4.78 is 0. The van der Waals surface area contributed by atoms with Crippen molar-refractivity contribution < 1.29 is 4.79 Å². The number of rotatable bonds is 6. The summed E-state index contributed by atoms with van der Waals surface area (Å²) in [5, 5.41) is 0.148. The maximum absolute atomic E-state index is 13.1. The third kappa shape index (κ3) is 3.52. The Hall–Kier alpha value is -2.52. The Balaban J connectivity index is 1.72.